The summed E-state index contributed by atoms with van der Waals surface area (Å²) in [6, 6.07) is 0. The lowest BCUT2D eigenvalue weighted by Gasteiger charge is -2.20. The Bertz CT molecular complexity index is 244. The number of nitrogens with zero attached hydrogens (tertiary/aromatic N) is 1. The van der Waals surface area contributed by atoms with E-state index >= 15 is 0 Å². The van der Waals surface area contributed by atoms with Gasteiger partial charge in [-0.25, -0.2) is 4.79 Å². The first-order valence-corrected chi connectivity index (χ1v) is 4.60. The molecule has 0 radical (unpaired) electrons. The lowest BCUT2D eigenvalue weighted by atomic mass is 9.95. The normalized spacial score (nSPS) is 14.0. The third-order valence-corrected chi connectivity index (χ3v) is 1.37. The van der Waals surface area contributed by atoms with Crippen LogP contribution in [0.1, 0.15) is 41.5 Å². The van der Waals surface area contributed by atoms with E-state index in [1.165, 1.54) is 0 Å². The van der Waals surface area contributed by atoms with Crippen molar-refractivity contribution in [1.82, 2.24) is 0 Å². The number of aliphatic imine (C=N–C) groups is 1. The lowest BCUT2D eigenvalue weighted by Crippen LogP contribution is -2.31. The Balaban J connectivity index is 4.46. The number of carbonyl (C=O) groups excluding carboxylic acids is 1. The Morgan fingerprint density at radius 1 is 1.14 bits per heavy atom. The van der Waals surface area contributed by atoms with Crippen LogP contribution in [0.2, 0.25) is 0 Å². The molecule has 0 rings (SSSR count). The van der Waals surface area contributed by atoms with Crippen LogP contribution in [0.15, 0.2) is 4.99 Å². The summed E-state index contributed by atoms with van der Waals surface area (Å²) in [7, 11) is 0. The fourth-order valence-electron chi connectivity index (χ4n) is 0.551. The molecule has 0 aromatic rings. The van der Waals surface area contributed by atoms with Gasteiger partial charge in [-0.05, 0) is 20.8 Å². The highest BCUT2D eigenvalue weighted by atomic mass is 16.6. The molecule has 0 unspecified atom stereocenters. The average molecular weight is 200 g/mol. The molecule has 0 aromatic heterocycles. The van der Waals surface area contributed by atoms with Gasteiger partial charge >= 0.3 is 6.09 Å². The fraction of sp³-hybridized carbons (Fsp3) is 0.800. The van der Waals surface area contributed by atoms with Gasteiger partial charge in [0.1, 0.15) is 11.4 Å². The molecule has 0 aromatic carbocycles. The molecule has 0 spiro atoms. The third kappa shape index (κ3) is 5.56. The zero-order valence-corrected chi connectivity index (χ0v) is 9.84. The summed E-state index contributed by atoms with van der Waals surface area (Å²) in [5, 5.41) is 0. The predicted molar refractivity (Wildman–Crippen MR) is 57.3 cm³/mol. The number of amidine groups is 1. The Morgan fingerprint density at radius 3 is 1.86 bits per heavy atom. The number of rotatable bonds is 0. The first-order chi connectivity index (χ1) is 6.02. The molecule has 0 fully saturated rings. The monoisotopic (exact) mass is 200 g/mol. The molecule has 4 nitrogen and oxygen atoms in total. The van der Waals surface area contributed by atoms with Crippen LogP contribution < -0.4 is 5.73 Å². The fourth-order valence-corrected chi connectivity index (χ4v) is 0.551. The quantitative estimate of drug-likeness (QED) is 0.482. The molecule has 0 aliphatic rings. The molecule has 0 heterocycles. The van der Waals surface area contributed by atoms with Crippen molar-refractivity contribution in [3.05, 3.63) is 0 Å². The lowest BCUT2D eigenvalue weighted by molar-refractivity contribution is 0.0602. The molecular weight excluding hydrogens is 180 g/mol. The SMILES string of the molecule is CC(C)(C)OC(=O)/N=C(\N)C(C)(C)C. The van der Waals surface area contributed by atoms with Crippen LogP contribution in [0.25, 0.3) is 0 Å². The van der Waals surface area contributed by atoms with Crippen molar-refractivity contribution < 1.29 is 9.53 Å². The van der Waals surface area contributed by atoms with Crippen molar-refractivity contribution in [2.75, 3.05) is 0 Å². The van der Waals surface area contributed by atoms with Gasteiger partial charge in [-0.15, -0.1) is 0 Å². The third-order valence-electron chi connectivity index (χ3n) is 1.37. The Morgan fingerprint density at radius 2 is 1.57 bits per heavy atom. The predicted octanol–water partition coefficient (Wildman–Crippen LogP) is 2.32. The van der Waals surface area contributed by atoms with Crippen molar-refractivity contribution in [2.24, 2.45) is 16.1 Å². The van der Waals surface area contributed by atoms with E-state index in [0.29, 0.717) is 0 Å². The van der Waals surface area contributed by atoms with Crippen molar-refractivity contribution in [3.8, 4) is 0 Å². The second-order valence-electron chi connectivity index (χ2n) is 5.23. The minimum absolute atomic E-state index is 0.284. The number of hydrogen-bond acceptors (Lipinski definition) is 2. The maximum absolute atomic E-state index is 11.2. The number of ether oxygens (including phenoxy) is 1. The van der Waals surface area contributed by atoms with Gasteiger partial charge in [0, 0.05) is 5.41 Å². The van der Waals surface area contributed by atoms with Crippen molar-refractivity contribution in [2.45, 2.75) is 47.1 Å². The number of hydrogen-bond donors (Lipinski definition) is 1. The van der Waals surface area contributed by atoms with Gasteiger partial charge < -0.3 is 10.5 Å². The van der Waals surface area contributed by atoms with E-state index in [1.54, 1.807) is 20.8 Å². The Kier molecular flexibility index (Phi) is 3.68. The Labute approximate surface area is 85.5 Å². The van der Waals surface area contributed by atoms with E-state index in [2.05, 4.69) is 4.99 Å². The molecule has 0 bridgehead atoms. The molecule has 0 saturated heterocycles. The first kappa shape index (κ1) is 12.9. The van der Waals surface area contributed by atoms with E-state index in [1.807, 2.05) is 20.8 Å². The highest BCUT2D eigenvalue weighted by Gasteiger charge is 2.20. The van der Waals surface area contributed by atoms with E-state index in [-0.39, 0.29) is 11.3 Å². The summed E-state index contributed by atoms with van der Waals surface area (Å²) in [5.41, 5.74) is 4.78. The summed E-state index contributed by atoms with van der Waals surface area (Å²) < 4.78 is 5.00. The molecule has 0 saturated carbocycles. The summed E-state index contributed by atoms with van der Waals surface area (Å²) >= 11 is 0. The maximum atomic E-state index is 11.2. The van der Waals surface area contributed by atoms with Gasteiger partial charge in [0.05, 0.1) is 0 Å². The van der Waals surface area contributed by atoms with Crippen LogP contribution in [0, 0.1) is 5.41 Å². The summed E-state index contributed by atoms with van der Waals surface area (Å²) in [6.45, 7) is 11.0. The van der Waals surface area contributed by atoms with Crippen molar-refractivity contribution in [1.29, 1.82) is 0 Å². The second kappa shape index (κ2) is 3.98. The minimum atomic E-state index is -0.634. The van der Waals surface area contributed by atoms with Gasteiger partial charge in [0.2, 0.25) is 0 Å². The molecular formula is C10H20N2O2. The highest BCUT2D eigenvalue weighted by molar-refractivity contribution is 5.93. The zero-order chi connectivity index (χ0) is 11.6. The highest BCUT2D eigenvalue weighted by Crippen LogP contribution is 2.14. The molecule has 0 aliphatic carbocycles. The van der Waals surface area contributed by atoms with E-state index in [4.69, 9.17) is 10.5 Å². The molecule has 1 amide bonds. The van der Waals surface area contributed by atoms with Crippen LogP contribution in [0.4, 0.5) is 4.79 Å². The molecule has 82 valence electrons. The van der Waals surface area contributed by atoms with Gasteiger partial charge in [0.25, 0.3) is 0 Å². The summed E-state index contributed by atoms with van der Waals surface area (Å²) in [4.78, 5) is 14.9. The van der Waals surface area contributed by atoms with Crippen molar-refractivity contribution >= 4 is 11.9 Å². The number of nitrogens with two attached hydrogens (primary N) is 1. The first-order valence-electron chi connectivity index (χ1n) is 4.60. The Hall–Kier alpha value is -1.06. The van der Waals surface area contributed by atoms with Gasteiger partial charge in [-0.2, -0.15) is 4.99 Å². The van der Waals surface area contributed by atoms with Crippen LogP contribution in [0.3, 0.4) is 0 Å². The largest absolute Gasteiger partial charge is 0.442 e. The summed E-state index contributed by atoms with van der Waals surface area (Å²) in [5.74, 6) is 0.284. The zero-order valence-electron chi connectivity index (χ0n) is 9.84. The van der Waals surface area contributed by atoms with E-state index < -0.39 is 11.7 Å². The van der Waals surface area contributed by atoms with Gasteiger partial charge in [0.15, 0.2) is 0 Å². The second-order valence-corrected chi connectivity index (χ2v) is 5.23. The molecule has 0 atom stereocenters. The van der Waals surface area contributed by atoms with Crippen LogP contribution >= 0.6 is 0 Å². The van der Waals surface area contributed by atoms with E-state index in [9.17, 15) is 4.79 Å². The van der Waals surface area contributed by atoms with Crippen LogP contribution in [0.5, 0.6) is 0 Å². The van der Waals surface area contributed by atoms with Crippen molar-refractivity contribution in [3.63, 3.8) is 0 Å². The standard InChI is InChI=1S/C10H20N2O2/c1-9(2,3)7(11)12-8(13)14-10(4,5)6/h1-6H3,(H2,11,12,13). The minimum Gasteiger partial charge on any atom is -0.442 e. The number of carbonyl (C=O) groups is 1. The van der Waals surface area contributed by atoms with Gasteiger partial charge in [-0.3, -0.25) is 0 Å². The molecule has 4 heteroatoms. The summed E-state index contributed by atoms with van der Waals surface area (Å²) in [6.07, 6.45) is -0.634. The maximum Gasteiger partial charge on any atom is 0.435 e. The molecule has 2 N–H and O–H groups in total. The van der Waals surface area contributed by atoms with Gasteiger partial charge in [-0.1, -0.05) is 20.8 Å². The molecule has 0 aliphatic heterocycles. The molecule has 14 heavy (non-hydrogen) atoms. The smallest absolute Gasteiger partial charge is 0.435 e. The van der Waals surface area contributed by atoms with Crippen LogP contribution in [-0.2, 0) is 4.74 Å². The number of amides is 1. The van der Waals surface area contributed by atoms with Crippen LogP contribution in [-0.4, -0.2) is 17.5 Å². The topological polar surface area (TPSA) is 64.7 Å². The average Bonchev–Trinajstić information content (AvgIpc) is 1.79. The van der Waals surface area contributed by atoms with E-state index in [0.717, 1.165) is 0 Å².